The third kappa shape index (κ3) is 8.94. The predicted molar refractivity (Wildman–Crippen MR) is 186 cm³/mol. The lowest BCUT2D eigenvalue weighted by Crippen LogP contribution is -2.30. The average Bonchev–Trinajstić information content (AvgIpc) is 3.15. The monoisotopic (exact) mass is 715 g/mol. The van der Waals surface area contributed by atoms with Crippen LogP contribution in [0.15, 0.2) is 120 Å². The molecular formula is C38H29F4N3O5S. The molecule has 0 aliphatic rings. The molecule has 13 heteroatoms. The van der Waals surface area contributed by atoms with Crippen molar-refractivity contribution in [1.82, 2.24) is 5.32 Å². The number of carbonyl (C=O) groups excluding carboxylic acids is 3. The van der Waals surface area contributed by atoms with Crippen LogP contribution in [0.25, 0.3) is 6.08 Å². The molecule has 0 radical (unpaired) electrons. The van der Waals surface area contributed by atoms with E-state index in [-0.39, 0.29) is 11.8 Å². The second kappa shape index (κ2) is 16.5. The number of benzene rings is 5. The van der Waals surface area contributed by atoms with Crippen molar-refractivity contribution >= 4 is 46.9 Å². The number of methoxy groups -OCH3 is 2. The van der Waals surface area contributed by atoms with E-state index in [1.54, 1.807) is 103 Å². The zero-order valence-corrected chi connectivity index (χ0v) is 27.8. The minimum atomic E-state index is -1.74. The molecule has 0 saturated heterocycles. The van der Waals surface area contributed by atoms with Gasteiger partial charge in [0.25, 0.3) is 11.8 Å². The first-order valence-electron chi connectivity index (χ1n) is 15.1. The Labute approximate surface area is 294 Å². The van der Waals surface area contributed by atoms with Gasteiger partial charge in [-0.15, -0.1) is 11.8 Å². The zero-order valence-electron chi connectivity index (χ0n) is 27.0. The SMILES string of the molecule is COc1ccc(OC)c(/C=C(\NC(=O)c2ccccc2)C(=O)Nc2ccc(SC(C(=O)Nc3c(F)c(F)cc(F)c3F)c3ccccc3)cc2)c1. The summed E-state index contributed by atoms with van der Waals surface area (Å²) in [5.74, 6) is -8.03. The number of rotatable bonds is 12. The van der Waals surface area contributed by atoms with Crippen molar-refractivity contribution in [2.45, 2.75) is 10.1 Å². The Bertz CT molecular complexity index is 2060. The van der Waals surface area contributed by atoms with Crippen molar-refractivity contribution in [2.24, 2.45) is 0 Å². The predicted octanol–water partition coefficient (Wildman–Crippen LogP) is 8.14. The first kappa shape index (κ1) is 36.2. The summed E-state index contributed by atoms with van der Waals surface area (Å²) in [6, 6.07) is 27.8. The van der Waals surface area contributed by atoms with Crippen molar-refractivity contribution < 1.29 is 41.4 Å². The molecule has 8 nitrogen and oxygen atoms in total. The van der Waals surface area contributed by atoms with Crippen LogP contribution in [0, 0.1) is 23.3 Å². The van der Waals surface area contributed by atoms with Crippen LogP contribution in [0.4, 0.5) is 28.9 Å². The van der Waals surface area contributed by atoms with Crippen molar-refractivity contribution in [3.05, 3.63) is 155 Å². The minimum Gasteiger partial charge on any atom is -0.497 e. The van der Waals surface area contributed by atoms with Crippen LogP contribution >= 0.6 is 11.8 Å². The zero-order chi connectivity index (χ0) is 36.5. The maximum atomic E-state index is 14.4. The van der Waals surface area contributed by atoms with Crippen LogP contribution in [0.1, 0.15) is 26.7 Å². The molecule has 0 aromatic heterocycles. The molecule has 1 unspecified atom stereocenters. The number of hydrogen-bond donors (Lipinski definition) is 3. The Morgan fingerprint density at radius 1 is 0.725 bits per heavy atom. The van der Waals surface area contributed by atoms with Gasteiger partial charge < -0.3 is 25.4 Å². The molecule has 3 amide bonds. The summed E-state index contributed by atoms with van der Waals surface area (Å²) in [4.78, 5) is 40.5. The highest BCUT2D eigenvalue weighted by molar-refractivity contribution is 8.00. The lowest BCUT2D eigenvalue weighted by Gasteiger charge is -2.18. The standard InChI is InChI=1S/C38H29F4N3O5S/c1-49-26-15-18-31(50-2)24(19-26)20-30(44-36(46)23-11-7-4-8-12-23)37(47)43-25-13-16-27(17-14-25)51-35(22-9-5-3-6-10-22)38(48)45-34-32(41)28(39)21-29(40)33(34)42/h3-21,35H,1-2H3,(H,43,47)(H,44,46)(H,45,48)/b30-20-. The fraction of sp³-hybridized carbons (Fsp3) is 0.0789. The molecule has 0 spiro atoms. The van der Waals surface area contributed by atoms with Crippen molar-refractivity contribution in [1.29, 1.82) is 0 Å². The molecule has 51 heavy (non-hydrogen) atoms. The summed E-state index contributed by atoms with van der Waals surface area (Å²) < 4.78 is 67.2. The van der Waals surface area contributed by atoms with Crippen molar-refractivity contribution in [3.63, 3.8) is 0 Å². The van der Waals surface area contributed by atoms with E-state index in [2.05, 4.69) is 10.6 Å². The lowest BCUT2D eigenvalue weighted by atomic mass is 10.1. The van der Waals surface area contributed by atoms with Crippen LogP contribution in [0.3, 0.4) is 0 Å². The third-order valence-corrected chi connectivity index (χ3v) is 8.60. The molecule has 5 rings (SSSR count). The van der Waals surface area contributed by atoms with Crippen LogP contribution in [0.5, 0.6) is 11.5 Å². The highest BCUT2D eigenvalue weighted by Gasteiger charge is 2.27. The summed E-state index contributed by atoms with van der Waals surface area (Å²) in [5.41, 5.74) is 0.178. The topological polar surface area (TPSA) is 106 Å². The first-order chi connectivity index (χ1) is 24.6. The third-order valence-electron chi connectivity index (χ3n) is 7.33. The van der Waals surface area contributed by atoms with E-state index in [1.165, 1.54) is 20.3 Å². The van der Waals surface area contributed by atoms with Gasteiger partial charge in [0.15, 0.2) is 23.3 Å². The quantitative estimate of drug-likeness (QED) is 0.0522. The largest absolute Gasteiger partial charge is 0.497 e. The highest BCUT2D eigenvalue weighted by atomic mass is 32.2. The van der Waals surface area contributed by atoms with Gasteiger partial charge in [0.05, 0.1) is 14.2 Å². The molecule has 5 aromatic carbocycles. The summed E-state index contributed by atoms with van der Waals surface area (Å²) in [5, 5.41) is 6.27. The number of thioether (sulfide) groups is 1. The molecule has 3 N–H and O–H groups in total. The molecule has 1 atom stereocenters. The van der Waals surface area contributed by atoms with E-state index in [9.17, 15) is 31.9 Å². The maximum Gasteiger partial charge on any atom is 0.272 e. The number of amides is 3. The number of nitrogens with one attached hydrogen (secondary N) is 3. The number of anilines is 2. The molecule has 260 valence electrons. The Morgan fingerprint density at radius 2 is 1.35 bits per heavy atom. The van der Waals surface area contributed by atoms with Gasteiger partial charge in [0.1, 0.15) is 28.1 Å². The number of halogens is 4. The summed E-state index contributed by atoms with van der Waals surface area (Å²) in [7, 11) is 2.95. The minimum absolute atomic E-state index is 0.0513. The normalized spacial score (nSPS) is 11.7. The van der Waals surface area contributed by atoms with Crippen molar-refractivity contribution in [3.8, 4) is 11.5 Å². The van der Waals surface area contributed by atoms with Crippen LogP contribution in [0.2, 0.25) is 0 Å². The van der Waals surface area contributed by atoms with Gasteiger partial charge in [-0.05, 0) is 66.2 Å². The number of hydrogen-bond acceptors (Lipinski definition) is 6. The second-order valence-electron chi connectivity index (χ2n) is 10.7. The Kier molecular flexibility index (Phi) is 11.7. The first-order valence-corrected chi connectivity index (χ1v) is 16.0. The van der Waals surface area contributed by atoms with Gasteiger partial charge >= 0.3 is 0 Å². The Morgan fingerprint density at radius 3 is 1.96 bits per heavy atom. The highest BCUT2D eigenvalue weighted by Crippen LogP contribution is 2.37. The van der Waals surface area contributed by atoms with E-state index in [1.807, 2.05) is 5.32 Å². The van der Waals surface area contributed by atoms with E-state index in [0.717, 1.165) is 11.8 Å². The molecule has 5 aromatic rings. The van der Waals surface area contributed by atoms with Gasteiger partial charge in [-0.2, -0.15) is 0 Å². The van der Waals surface area contributed by atoms with Gasteiger partial charge in [-0.3, -0.25) is 14.4 Å². The summed E-state index contributed by atoms with van der Waals surface area (Å²) >= 11 is 0.987. The Hall–Kier alpha value is -6.08. The lowest BCUT2D eigenvalue weighted by molar-refractivity contribution is -0.116. The van der Waals surface area contributed by atoms with Crippen molar-refractivity contribution in [2.75, 3.05) is 24.9 Å². The number of carbonyl (C=O) groups is 3. The van der Waals surface area contributed by atoms with Crippen LogP contribution in [-0.2, 0) is 9.59 Å². The summed E-state index contributed by atoms with van der Waals surface area (Å²) in [6.45, 7) is 0. The maximum absolute atomic E-state index is 14.4. The van der Waals surface area contributed by atoms with Gasteiger partial charge in [0.2, 0.25) is 5.91 Å². The van der Waals surface area contributed by atoms with E-state index in [4.69, 9.17) is 9.47 Å². The molecule has 0 aliphatic heterocycles. The molecule has 0 heterocycles. The second-order valence-corrected chi connectivity index (χ2v) is 11.9. The molecular weight excluding hydrogens is 686 g/mol. The molecule has 0 fully saturated rings. The number of ether oxygens (including phenoxy) is 2. The van der Waals surface area contributed by atoms with Gasteiger partial charge in [0, 0.05) is 27.8 Å². The molecule has 0 aliphatic carbocycles. The molecule has 0 saturated carbocycles. The van der Waals surface area contributed by atoms with E-state index >= 15 is 0 Å². The molecule has 0 bridgehead atoms. The van der Waals surface area contributed by atoms with E-state index < -0.39 is 51.9 Å². The Balaban J connectivity index is 1.39. The fourth-order valence-corrected chi connectivity index (χ4v) is 5.80. The van der Waals surface area contributed by atoms with Gasteiger partial charge in [-0.25, -0.2) is 17.6 Å². The van der Waals surface area contributed by atoms with Gasteiger partial charge in [-0.1, -0.05) is 48.5 Å². The van der Waals surface area contributed by atoms with Crippen LogP contribution in [-0.4, -0.2) is 31.9 Å². The van der Waals surface area contributed by atoms with E-state index in [0.29, 0.717) is 38.8 Å². The smallest absolute Gasteiger partial charge is 0.272 e. The van der Waals surface area contributed by atoms with Crippen LogP contribution < -0.4 is 25.4 Å². The average molecular weight is 716 g/mol. The summed E-state index contributed by atoms with van der Waals surface area (Å²) in [6.07, 6.45) is 1.45. The fourth-order valence-electron chi connectivity index (χ4n) is 4.77.